The fourth-order valence-corrected chi connectivity index (χ4v) is 1.55. The first-order chi connectivity index (χ1) is 6.31. The van der Waals surface area contributed by atoms with Gasteiger partial charge in [-0.05, 0) is 12.1 Å². The minimum atomic E-state index is 0.288. The Morgan fingerprint density at radius 1 is 1.08 bits per heavy atom. The Balaban J connectivity index is 2.74. The molecule has 0 aliphatic carbocycles. The summed E-state index contributed by atoms with van der Waals surface area (Å²) in [7, 11) is 0. The van der Waals surface area contributed by atoms with Gasteiger partial charge in [-0.1, -0.05) is 23.7 Å². The molecule has 0 saturated carbocycles. The summed E-state index contributed by atoms with van der Waals surface area (Å²) >= 11 is 11.5. The zero-order valence-electron chi connectivity index (χ0n) is 6.67. The summed E-state index contributed by atoms with van der Waals surface area (Å²) < 4.78 is 0. The van der Waals surface area contributed by atoms with Gasteiger partial charge in [0.05, 0.1) is 22.6 Å². The summed E-state index contributed by atoms with van der Waals surface area (Å²) in [5.41, 5.74) is 2.24. The van der Waals surface area contributed by atoms with Crippen molar-refractivity contribution in [1.29, 1.82) is 0 Å². The van der Waals surface area contributed by atoms with E-state index in [0.29, 0.717) is 10.8 Å². The van der Waals surface area contributed by atoms with Crippen LogP contribution in [0.25, 0.3) is 11.0 Å². The minimum Gasteiger partial charge on any atom is -0.247 e. The van der Waals surface area contributed by atoms with Gasteiger partial charge in [-0.25, -0.2) is 9.97 Å². The van der Waals surface area contributed by atoms with E-state index in [9.17, 15) is 0 Å². The maximum Gasteiger partial charge on any atom is 0.152 e. The van der Waals surface area contributed by atoms with E-state index in [4.69, 9.17) is 23.2 Å². The Labute approximate surface area is 85.5 Å². The summed E-state index contributed by atoms with van der Waals surface area (Å²) in [6.07, 6.45) is 0. The van der Waals surface area contributed by atoms with Crippen molar-refractivity contribution in [3.05, 3.63) is 35.1 Å². The topological polar surface area (TPSA) is 25.8 Å². The molecule has 0 N–H and O–H groups in total. The van der Waals surface area contributed by atoms with Crippen LogP contribution < -0.4 is 0 Å². The van der Waals surface area contributed by atoms with E-state index >= 15 is 0 Å². The van der Waals surface area contributed by atoms with E-state index in [1.807, 2.05) is 24.3 Å². The third kappa shape index (κ3) is 1.60. The predicted molar refractivity (Wildman–Crippen MR) is 54.1 cm³/mol. The highest BCUT2D eigenvalue weighted by Gasteiger charge is 2.04. The number of rotatable bonds is 1. The smallest absolute Gasteiger partial charge is 0.152 e. The monoisotopic (exact) mass is 212 g/mol. The summed E-state index contributed by atoms with van der Waals surface area (Å²) in [6.45, 7) is 0. The molecule has 0 spiro atoms. The van der Waals surface area contributed by atoms with Gasteiger partial charge < -0.3 is 0 Å². The number of alkyl halides is 1. The van der Waals surface area contributed by atoms with Crippen LogP contribution in [0.1, 0.15) is 5.69 Å². The second-order valence-electron chi connectivity index (χ2n) is 2.58. The molecule has 1 heterocycles. The number of hydrogen-bond acceptors (Lipinski definition) is 2. The van der Waals surface area contributed by atoms with Crippen LogP contribution in [0.2, 0.25) is 5.15 Å². The molecule has 4 heteroatoms. The number of fused-ring (bicyclic) bond motifs is 1. The molecule has 0 amide bonds. The van der Waals surface area contributed by atoms with Crippen LogP contribution in [0, 0.1) is 0 Å². The quantitative estimate of drug-likeness (QED) is 0.680. The lowest BCUT2D eigenvalue weighted by Gasteiger charge is -2.00. The molecule has 0 bridgehead atoms. The van der Waals surface area contributed by atoms with Gasteiger partial charge in [0.2, 0.25) is 0 Å². The number of halogens is 2. The van der Waals surface area contributed by atoms with Crippen molar-refractivity contribution in [2.75, 3.05) is 0 Å². The van der Waals surface area contributed by atoms with Gasteiger partial charge in [-0.15, -0.1) is 11.6 Å². The Morgan fingerprint density at radius 2 is 1.69 bits per heavy atom. The molecular formula is C9H6Cl2N2. The lowest BCUT2D eigenvalue weighted by molar-refractivity contribution is 1.16. The minimum absolute atomic E-state index is 0.288. The van der Waals surface area contributed by atoms with Crippen LogP contribution in [-0.4, -0.2) is 9.97 Å². The third-order valence-electron chi connectivity index (χ3n) is 1.72. The van der Waals surface area contributed by atoms with Crippen molar-refractivity contribution >= 4 is 34.2 Å². The zero-order chi connectivity index (χ0) is 9.26. The highest BCUT2D eigenvalue weighted by Crippen LogP contribution is 2.17. The molecule has 0 fully saturated rings. The Hall–Kier alpha value is -0.860. The van der Waals surface area contributed by atoms with Crippen LogP contribution >= 0.6 is 23.2 Å². The van der Waals surface area contributed by atoms with Crippen molar-refractivity contribution in [2.45, 2.75) is 5.88 Å². The van der Waals surface area contributed by atoms with Crippen molar-refractivity contribution in [3.63, 3.8) is 0 Å². The number of benzene rings is 1. The number of aromatic nitrogens is 2. The van der Waals surface area contributed by atoms with Crippen LogP contribution in [0.4, 0.5) is 0 Å². The molecule has 0 aliphatic heterocycles. The molecule has 1 aromatic carbocycles. The average Bonchev–Trinajstić information content (AvgIpc) is 2.17. The molecule has 2 aromatic rings. The van der Waals surface area contributed by atoms with Gasteiger partial charge in [0.15, 0.2) is 5.15 Å². The molecule has 66 valence electrons. The van der Waals surface area contributed by atoms with E-state index in [-0.39, 0.29) is 5.88 Å². The number of hydrogen-bond donors (Lipinski definition) is 0. The first kappa shape index (κ1) is 8.73. The summed E-state index contributed by atoms with van der Waals surface area (Å²) in [6, 6.07) is 7.55. The van der Waals surface area contributed by atoms with Gasteiger partial charge in [-0.2, -0.15) is 0 Å². The molecule has 0 unspecified atom stereocenters. The normalized spacial score (nSPS) is 10.6. The van der Waals surface area contributed by atoms with Gasteiger partial charge in [0.1, 0.15) is 0 Å². The third-order valence-corrected chi connectivity index (χ3v) is 2.28. The first-order valence-electron chi connectivity index (χ1n) is 3.78. The first-order valence-corrected chi connectivity index (χ1v) is 4.69. The van der Waals surface area contributed by atoms with Crippen molar-refractivity contribution in [1.82, 2.24) is 9.97 Å². The van der Waals surface area contributed by atoms with E-state index < -0.39 is 0 Å². The van der Waals surface area contributed by atoms with Crippen LogP contribution in [-0.2, 0) is 5.88 Å². The fraction of sp³-hybridized carbons (Fsp3) is 0.111. The van der Waals surface area contributed by atoms with Gasteiger partial charge in [-0.3, -0.25) is 0 Å². The van der Waals surface area contributed by atoms with Crippen LogP contribution in [0.5, 0.6) is 0 Å². The Bertz CT molecular complexity index is 443. The van der Waals surface area contributed by atoms with Crippen molar-refractivity contribution in [3.8, 4) is 0 Å². The van der Waals surface area contributed by atoms with Gasteiger partial charge in [0.25, 0.3) is 0 Å². The lowest BCUT2D eigenvalue weighted by Crippen LogP contribution is -1.92. The Kier molecular flexibility index (Phi) is 2.34. The maximum atomic E-state index is 5.85. The highest BCUT2D eigenvalue weighted by molar-refractivity contribution is 6.31. The number of nitrogens with zero attached hydrogens (tertiary/aromatic N) is 2. The summed E-state index contributed by atoms with van der Waals surface area (Å²) in [5.74, 6) is 0.288. The summed E-state index contributed by atoms with van der Waals surface area (Å²) in [4.78, 5) is 8.43. The molecule has 0 saturated heterocycles. The summed E-state index contributed by atoms with van der Waals surface area (Å²) in [5, 5.41) is 0.383. The maximum absolute atomic E-state index is 5.85. The van der Waals surface area contributed by atoms with Crippen LogP contribution in [0.3, 0.4) is 0 Å². The molecular weight excluding hydrogens is 207 g/mol. The molecule has 0 radical (unpaired) electrons. The molecule has 13 heavy (non-hydrogen) atoms. The number of para-hydroxylation sites is 2. The van der Waals surface area contributed by atoms with E-state index in [0.717, 1.165) is 11.0 Å². The second-order valence-corrected chi connectivity index (χ2v) is 3.21. The Morgan fingerprint density at radius 3 is 2.31 bits per heavy atom. The molecule has 2 nitrogen and oxygen atoms in total. The van der Waals surface area contributed by atoms with Crippen LogP contribution in [0.15, 0.2) is 24.3 Å². The van der Waals surface area contributed by atoms with E-state index in [1.54, 1.807) is 0 Å². The van der Waals surface area contributed by atoms with Crippen molar-refractivity contribution in [2.24, 2.45) is 0 Å². The fourth-order valence-electron chi connectivity index (χ4n) is 1.10. The molecule has 0 atom stereocenters. The second kappa shape index (κ2) is 3.48. The highest BCUT2D eigenvalue weighted by atomic mass is 35.5. The zero-order valence-corrected chi connectivity index (χ0v) is 8.18. The van der Waals surface area contributed by atoms with Gasteiger partial charge in [0, 0.05) is 0 Å². The predicted octanol–water partition coefficient (Wildman–Crippen LogP) is 3.02. The molecule has 1 aromatic heterocycles. The molecule has 0 aliphatic rings. The molecule has 2 rings (SSSR count). The largest absolute Gasteiger partial charge is 0.247 e. The van der Waals surface area contributed by atoms with E-state index in [2.05, 4.69) is 9.97 Å². The SMILES string of the molecule is ClCc1nc2ccccc2nc1Cl. The van der Waals surface area contributed by atoms with Gasteiger partial charge >= 0.3 is 0 Å². The van der Waals surface area contributed by atoms with Crippen molar-refractivity contribution < 1.29 is 0 Å². The standard InChI is InChI=1S/C9H6Cl2N2/c10-5-8-9(11)13-7-4-2-1-3-6(7)12-8/h1-4H,5H2. The lowest BCUT2D eigenvalue weighted by atomic mass is 10.3. The van der Waals surface area contributed by atoms with E-state index in [1.165, 1.54) is 0 Å². The average molecular weight is 213 g/mol.